The number of alkyl halides is 3. The average Bonchev–Trinajstić information content (AvgIpc) is 3.34. The third-order valence-electron chi connectivity index (χ3n) is 3.91. The zero-order valence-electron chi connectivity index (χ0n) is 14.8. The normalized spacial score (nSPS) is 11.3. The summed E-state index contributed by atoms with van der Waals surface area (Å²) >= 11 is 2.97. The Balaban J connectivity index is 1.85. The van der Waals surface area contributed by atoms with Crippen molar-refractivity contribution in [3.8, 4) is 5.75 Å². The van der Waals surface area contributed by atoms with Gasteiger partial charge in [0.2, 0.25) is 0 Å². The third-order valence-corrected chi connectivity index (χ3v) is 5.64. The fourth-order valence-electron chi connectivity index (χ4n) is 2.57. The first kappa shape index (κ1) is 20.2. The molecule has 0 spiro atoms. The van der Waals surface area contributed by atoms with Crippen LogP contribution in [-0.2, 0) is 19.3 Å². The molecule has 28 heavy (non-hydrogen) atoms. The minimum Gasteiger partial charge on any atom is -0.497 e. The number of nitrogens with one attached hydrogen (secondary N) is 1. The van der Waals surface area contributed by atoms with Crippen molar-refractivity contribution in [3.05, 3.63) is 68.5 Å². The highest BCUT2D eigenvalue weighted by Gasteiger charge is 2.35. The van der Waals surface area contributed by atoms with Crippen LogP contribution in [0.4, 0.5) is 23.7 Å². The van der Waals surface area contributed by atoms with Crippen LogP contribution in [0, 0.1) is 0 Å². The van der Waals surface area contributed by atoms with Crippen LogP contribution in [0.25, 0.3) is 0 Å². The molecule has 2 amide bonds. The second kappa shape index (κ2) is 8.66. The van der Waals surface area contributed by atoms with Crippen LogP contribution in [0.2, 0.25) is 0 Å². The molecule has 0 fully saturated rings. The number of urea groups is 1. The van der Waals surface area contributed by atoms with Crippen molar-refractivity contribution >= 4 is 34.4 Å². The number of nitrogens with zero attached hydrogens (tertiary/aromatic N) is 1. The van der Waals surface area contributed by atoms with E-state index >= 15 is 0 Å². The fourth-order valence-corrected chi connectivity index (χ4v) is 4.01. The van der Waals surface area contributed by atoms with Gasteiger partial charge in [0.15, 0.2) is 0 Å². The number of carbonyl (C=O) groups excluding carboxylic acids is 1. The largest absolute Gasteiger partial charge is 0.497 e. The number of thiophene rings is 2. The van der Waals surface area contributed by atoms with Gasteiger partial charge < -0.3 is 15.0 Å². The summed E-state index contributed by atoms with van der Waals surface area (Å²) in [5.74, 6) is 0.0688. The molecule has 0 radical (unpaired) electrons. The first-order valence-electron chi connectivity index (χ1n) is 8.22. The molecule has 0 aliphatic carbocycles. The molecule has 0 aliphatic rings. The minimum absolute atomic E-state index is 0.0688. The van der Waals surface area contributed by atoms with Crippen LogP contribution in [0.5, 0.6) is 5.75 Å². The van der Waals surface area contributed by atoms with Gasteiger partial charge in [0.05, 0.1) is 31.5 Å². The van der Waals surface area contributed by atoms with Gasteiger partial charge in [-0.25, -0.2) is 4.79 Å². The number of hydrogen-bond acceptors (Lipinski definition) is 4. The predicted octanol–water partition coefficient (Wildman–Crippen LogP) is 6.07. The summed E-state index contributed by atoms with van der Waals surface area (Å²) in [4.78, 5) is 16.2. The summed E-state index contributed by atoms with van der Waals surface area (Å²) < 4.78 is 45.1. The number of amides is 2. The van der Waals surface area contributed by atoms with Gasteiger partial charge in [-0.15, -0.1) is 22.7 Å². The molecule has 0 saturated heterocycles. The first-order valence-corrected chi connectivity index (χ1v) is 9.98. The SMILES string of the molecule is COc1ccc(NC(=O)N(Cc2cccs2)Cc2cccs2)c(C(F)(F)F)c1. The van der Waals surface area contributed by atoms with E-state index < -0.39 is 17.8 Å². The lowest BCUT2D eigenvalue weighted by Crippen LogP contribution is -2.34. The summed E-state index contributed by atoms with van der Waals surface area (Å²) in [5.41, 5.74) is -1.26. The number of methoxy groups -OCH3 is 1. The molecule has 1 N–H and O–H groups in total. The average molecular weight is 426 g/mol. The topological polar surface area (TPSA) is 41.6 Å². The Morgan fingerprint density at radius 1 is 1.07 bits per heavy atom. The summed E-state index contributed by atoms with van der Waals surface area (Å²) in [5, 5.41) is 6.20. The number of hydrogen-bond donors (Lipinski definition) is 1. The molecular formula is C19H17F3N2O2S2. The number of ether oxygens (including phenoxy) is 1. The van der Waals surface area contributed by atoms with E-state index in [9.17, 15) is 18.0 Å². The fraction of sp³-hybridized carbons (Fsp3) is 0.211. The van der Waals surface area contributed by atoms with Crippen LogP contribution in [0.15, 0.2) is 53.2 Å². The van der Waals surface area contributed by atoms with E-state index in [0.717, 1.165) is 15.8 Å². The highest BCUT2D eigenvalue weighted by Crippen LogP contribution is 2.37. The van der Waals surface area contributed by atoms with Gasteiger partial charge in [-0.1, -0.05) is 12.1 Å². The molecule has 2 heterocycles. The van der Waals surface area contributed by atoms with E-state index in [1.54, 1.807) is 0 Å². The number of benzene rings is 1. The van der Waals surface area contributed by atoms with Crippen LogP contribution in [0.1, 0.15) is 15.3 Å². The third kappa shape index (κ3) is 5.05. The second-order valence-electron chi connectivity index (χ2n) is 5.85. The molecule has 0 bridgehead atoms. The first-order chi connectivity index (χ1) is 13.4. The molecule has 1 aromatic carbocycles. The number of carbonyl (C=O) groups is 1. The van der Waals surface area contributed by atoms with E-state index in [4.69, 9.17) is 4.74 Å². The van der Waals surface area contributed by atoms with Crippen LogP contribution in [0.3, 0.4) is 0 Å². The Morgan fingerprint density at radius 3 is 2.14 bits per heavy atom. The van der Waals surface area contributed by atoms with Crippen LogP contribution < -0.4 is 10.1 Å². The van der Waals surface area contributed by atoms with Crippen LogP contribution >= 0.6 is 22.7 Å². The minimum atomic E-state index is -4.62. The second-order valence-corrected chi connectivity index (χ2v) is 7.92. The monoisotopic (exact) mass is 426 g/mol. The Bertz CT molecular complexity index is 874. The van der Waals surface area contributed by atoms with E-state index in [2.05, 4.69) is 5.32 Å². The molecule has 0 unspecified atom stereocenters. The standard InChI is InChI=1S/C19H17F3N2O2S2/c1-26-13-6-7-17(16(10-13)19(20,21)22)23-18(25)24(11-14-4-2-8-27-14)12-15-5-3-9-28-15/h2-10H,11-12H2,1H3,(H,23,25). The molecule has 0 aliphatic heterocycles. The smallest absolute Gasteiger partial charge is 0.418 e. The molecule has 4 nitrogen and oxygen atoms in total. The molecule has 9 heteroatoms. The molecular weight excluding hydrogens is 409 g/mol. The lowest BCUT2D eigenvalue weighted by molar-refractivity contribution is -0.137. The maximum atomic E-state index is 13.4. The maximum Gasteiger partial charge on any atom is 0.418 e. The number of rotatable bonds is 6. The van der Waals surface area contributed by atoms with Gasteiger partial charge >= 0.3 is 12.2 Å². The molecule has 2 aromatic heterocycles. The highest BCUT2D eigenvalue weighted by atomic mass is 32.1. The van der Waals surface area contributed by atoms with Crippen molar-refractivity contribution in [3.63, 3.8) is 0 Å². The van der Waals surface area contributed by atoms with Gasteiger partial charge in [-0.05, 0) is 41.1 Å². The molecule has 0 saturated carbocycles. The Kier molecular flexibility index (Phi) is 6.25. The highest BCUT2D eigenvalue weighted by molar-refractivity contribution is 7.10. The lowest BCUT2D eigenvalue weighted by atomic mass is 10.1. The quantitative estimate of drug-likeness (QED) is 0.520. The van der Waals surface area contributed by atoms with Crippen molar-refractivity contribution in [1.82, 2.24) is 4.90 Å². The zero-order chi connectivity index (χ0) is 20.1. The van der Waals surface area contributed by atoms with Crippen molar-refractivity contribution in [2.75, 3.05) is 12.4 Å². The summed E-state index contributed by atoms with van der Waals surface area (Å²) in [6, 6.07) is 10.4. The molecule has 148 valence electrons. The summed E-state index contributed by atoms with van der Waals surface area (Å²) in [6.45, 7) is 0.609. The van der Waals surface area contributed by atoms with Gasteiger partial charge in [0, 0.05) is 9.75 Å². The Morgan fingerprint density at radius 2 is 1.68 bits per heavy atom. The van der Waals surface area contributed by atoms with Crippen molar-refractivity contribution in [1.29, 1.82) is 0 Å². The predicted molar refractivity (Wildman–Crippen MR) is 105 cm³/mol. The molecule has 3 aromatic rings. The zero-order valence-corrected chi connectivity index (χ0v) is 16.5. The van der Waals surface area contributed by atoms with E-state index in [1.165, 1.54) is 46.8 Å². The van der Waals surface area contributed by atoms with Crippen molar-refractivity contribution < 1.29 is 22.7 Å². The van der Waals surface area contributed by atoms with Gasteiger partial charge in [-0.3, -0.25) is 0 Å². The lowest BCUT2D eigenvalue weighted by Gasteiger charge is -2.23. The van der Waals surface area contributed by atoms with Crippen LogP contribution in [-0.4, -0.2) is 18.0 Å². The Hall–Kier alpha value is -2.52. The van der Waals surface area contributed by atoms with Gasteiger partial charge in [0.1, 0.15) is 5.75 Å². The number of halogens is 3. The molecule has 0 atom stereocenters. The van der Waals surface area contributed by atoms with Gasteiger partial charge in [0.25, 0.3) is 0 Å². The maximum absolute atomic E-state index is 13.4. The van der Waals surface area contributed by atoms with E-state index in [-0.39, 0.29) is 11.4 Å². The van der Waals surface area contributed by atoms with E-state index in [1.807, 2.05) is 35.0 Å². The number of anilines is 1. The van der Waals surface area contributed by atoms with Crippen molar-refractivity contribution in [2.24, 2.45) is 0 Å². The van der Waals surface area contributed by atoms with E-state index in [0.29, 0.717) is 13.1 Å². The summed E-state index contributed by atoms with van der Waals surface area (Å²) in [6.07, 6.45) is -4.62. The summed E-state index contributed by atoms with van der Waals surface area (Å²) in [7, 11) is 1.29. The Labute approximate surface area is 168 Å². The van der Waals surface area contributed by atoms with Crippen molar-refractivity contribution in [2.45, 2.75) is 19.3 Å². The van der Waals surface area contributed by atoms with Gasteiger partial charge in [-0.2, -0.15) is 13.2 Å². The molecule has 3 rings (SSSR count).